The van der Waals surface area contributed by atoms with E-state index in [0.29, 0.717) is 0 Å². The Labute approximate surface area is 148 Å². The molecule has 0 bridgehead atoms. The van der Waals surface area contributed by atoms with E-state index in [2.05, 4.69) is 0 Å². The van der Waals surface area contributed by atoms with E-state index in [4.69, 9.17) is 19.3 Å². The number of carboxylic acid groups (broad SMARTS) is 1. The van der Waals surface area contributed by atoms with Crippen LogP contribution < -0.4 is 3.27 Å². The third kappa shape index (κ3) is 4.68. The second-order valence-electron chi connectivity index (χ2n) is 5.55. The fourth-order valence-corrected chi connectivity index (χ4v) is 4.83. The van der Waals surface area contributed by atoms with Crippen molar-refractivity contribution in [3.05, 3.63) is 30.3 Å². The summed E-state index contributed by atoms with van der Waals surface area (Å²) in [5, 5.41) is 8.78. The second kappa shape index (κ2) is 7.37. The van der Waals surface area contributed by atoms with Crippen LogP contribution in [0.1, 0.15) is 13.8 Å². The summed E-state index contributed by atoms with van der Waals surface area (Å²) in [6.07, 6.45) is -3.59. The molecule has 1 radical (unpaired) electrons. The first kappa shape index (κ1) is 19.2. The molecule has 0 aromatic heterocycles. The first-order valence-corrected chi connectivity index (χ1v) is 10.5. The molecule has 2 atom stereocenters. The number of carbonyl (C=O) groups excluding carboxylic acids is 1. The van der Waals surface area contributed by atoms with Gasteiger partial charge in [0.1, 0.15) is 0 Å². The molecule has 1 unspecified atom stereocenters. The van der Waals surface area contributed by atoms with Crippen molar-refractivity contribution < 1.29 is 37.7 Å². The van der Waals surface area contributed by atoms with Crippen molar-refractivity contribution >= 4 is 36.2 Å². The summed E-state index contributed by atoms with van der Waals surface area (Å²) < 4.78 is 43.3. The topological polar surface area (TPSA) is 82.1 Å². The van der Waals surface area contributed by atoms with Gasteiger partial charge in [-0.1, -0.05) is 0 Å². The molecule has 6 nitrogen and oxygen atoms in total. The van der Waals surface area contributed by atoms with Crippen LogP contribution in [-0.2, 0) is 19.0 Å². The molecule has 2 rings (SSSR count). The van der Waals surface area contributed by atoms with E-state index in [1.165, 1.54) is 13.8 Å². The molecular weight excluding hydrogens is 523 g/mol. The van der Waals surface area contributed by atoms with Crippen molar-refractivity contribution in [2.24, 2.45) is 0 Å². The van der Waals surface area contributed by atoms with Crippen LogP contribution in [0.2, 0.25) is 0 Å². The molecule has 1 N–H and O–H groups in total. The van der Waals surface area contributed by atoms with E-state index in [1.807, 2.05) is 0 Å². The molecule has 0 aliphatic carbocycles. The summed E-state index contributed by atoms with van der Waals surface area (Å²) in [5.41, 5.74) is 0. The van der Waals surface area contributed by atoms with Crippen LogP contribution in [0.5, 0.6) is 0 Å². The molecule has 131 valence electrons. The number of ether oxygens (including phenoxy) is 3. The number of carboxylic acids is 1. The summed E-state index contributed by atoms with van der Waals surface area (Å²) in [6.45, 7) is 2.73. The predicted octanol–water partition coefficient (Wildman–Crippen LogP) is 1.39. The Balaban J connectivity index is 2.14. The van der Waals surface area contributed by atoms with Gasteiger partial charge in [0.25, 0.3) is 0 Å². The number of hydrogen-bond donors (Lipinski definition) is 1. The van der Waals surface area contributed by atoms with Gasteiger partial charge in [-0.3, -0.25) is 0 Å². The zero-order valence-electron chi connectivity index (χ0n) is 12.9. The van der Waals surface area contributed by atoms with E-state index < -0.39 is 56.8 Å². The van der Waals surface area contributed by atoms with Crippen molar-refractivity contribution in [2.75, 3.05) is 6.61 Å². The normalized spacial score (nSPS) is 21.2. The summed E-state index contributed by atoms with van der Waals surface area (Å²) >= 11 is -2.07. The number of hydrogen-bond acceptors (Lipinski definition) is 5. The Morgan fingerprint density at radius 1 is 1.38 bits per heavy atom. The standard InChI is InChI=1S/C9H11F2O6.C6H5.Bi/c1-8(2)16-3-5(17-8)6(15-4-12)9(10,11)7(13)14;1-2-4-6-5-3-1;/h5-6H,3H2,1-2H3,(H,13,14);1-5H;/t5-,6?;;/m1../s1. The monoisotopic (exact) mass is 539 g/mol. The van der Waals surface area contributed by atoms with Gasteiger partial charge in [0.2, 0.25) is 0 Å². The number of carbonyl (C=O) groups is 2. The molecule has 9 heteroatoms. The maximum atomic E-state index is 14.0. The number of rotatable bonds is 6. The van der Waals surface area contributed by atoms with Crippen LogP contribution in [0, 0.1) is 0 Å². The maximum absolute atomic E-state index is 14.0. The number of benzene rings is 1. The molecule has 0 saturated carbocycles. The quantitative estimate of drug-likeness (QED) is 0.551. The third-order valence-corrected chi connectivity index (χ3v) is 6.50. The Morgan fingerprint density at radius 2 is 2.00 bits per heavy atom. The van der Waals surface area contributed by atoms with Gasteiger partial charge in [-0.2, -0.15) is 0 Å². The Kier molecular flexibility index (Phi) is 5.88. The predicted molar refractivity (Wildman–Crippen MR) is 79.6 cm³/mol. The van der Waals surface area contributed by atoms with Gasteiger partial charge in [0.15, 0.2) is 0 Å². The van der Waals surface area contributed by atoms with Crippen LogP contribution in [0.15, 0.2) is 30.3 Å². The molecule has 1 fully saturated rings. The van der Waals surface area contributed by atoms with Gasteiger partial charge in [-0.05, 0) is 0 Å². The molecule has 1 aliphatic rings. The zero-order valence-corrected chi connectivity index (χ0v) is 16.4. The fourth-order valence-electron chi connectivity index (χ4n) is 2.11. The molecular formula is C15H16BiF2O6. The zero-order chi connectivity index (χ0) is 18.0. The van der Waals surface area contributed by atoms with Crippen molar-refractivity contribution in [1.82, 2.24) is 0 Å². The van der Waals surface area contributed by atoms with Crippen molar-refractivity contribution in [3.8, 4) is 0 Å². The van der Waals surface area contributed by atoms with Gasteiger partial charge < -0.3 is 0 Å². The summed E-state index contributed by atoms with van der Waals surface area (Å²) in [4.78, 5) is 22.9. The fraction of sp³-hybridized carbons (Fsp3) is 0.467. The molecule has 1 aliphatic heterocycles. The van der Waals surface area contributed by atoms with Crippen molar-refractivity contribution in [2.45, 2.75) is 37.8 Å². The molecule has 1 aromatic rings. The van der Waals surface area contributed by atoms with Gasteiger partial charge in [0.05, 0.1) is 0 Å². The second-order valence-corrected chi connectivity index (χ2v) is 9.84. The average molecular weight is 539 g/mol. The summed E-state index contributed by atoms with van der Waals surface area (Å²) in [6, 6.07) is 8.64. The van der Waals surface area contributed by atoms with E-state index in [1.54, 1.807) is 30.3 Å². The SMILES string of the molecule is CC1(C)OC[C@H](C(O[C](=O)[Bi][c]2ccccc2)C(F)(F)C(=O)O)O1. The van der Waals surface area contributed by atoms with Gasteiger partial charge in [0, 0.05) is 0 Å². The van der Waals surface area contributed by atoms with Gasteiger partial charge in [-0.15, -0.1) is 0 Å². The average Bonchev–Trinajstić information content (AvgIpc) is 2.85. The Hall–Kier alpha value is -1.18. The summed E-state index contributed by atoms with van der Waals surface area (Å²) in [7, 11) is 0. The van der Waals surface area contributed by atoms with Crippen molar-refractivity contribution in [3.63, 3.8) is 0 Å². The first-order chi connectivity index (χ1) is 11.1. The molecule has 24 heavy (non-hydrogen) atoms. The molecule has 0 spiro atoms. The van der Waals surface area contributed by atoms with Crippen LogP contribution in [-0.4, -0.2) is 68.5 Å². The van der Waals surface area contributed by atoms with Crippen LogP contribution in [0.25, 0.3) is 0 Å². The number of halogens is 2. The molecule has 1 saturated heterocycles. The van der Waals surface area contributed by atoms with E-state index >= 15 is 0 Å². The van der Waals surface area contributed by atoms with Gasteiger partial charge in [-0.25, -0.2) is 0 Å². The van der Waals surface area contributed by atoms with E-state index in [0.717, 1.165) is 3.27 Å². The van der Waals surface area contributed by atoms with Crippen LogP contribution in [0.3, 0.4) is 0 Å². The number of aliphatic carboxylic acids is 1. The Bertz CT molecular complexity index is 607. The summed E-state index contributed by atoms with van der Waals surface area (Å²) in [5.74, 6) is -7.80. The minimum atomic E-state index is -4.28. The van der Waals surface area contributed by atoms with E-state index in [9.17, 15) is 18.4 Å². The number of alkyl halides is 2. The molecule has 0 amide bonds. The molecule has 1 heterocycles. The van der Waals surface area contributed by atoms with E-state index in [-0.39, 0.29) is 6.61 Å². The first-order valence-electron chi connectivity index (χ1n) is 7.02. The molecule has 1 aromatic carbocycles. The minimum absolute atomic E-state index is 0.286. The van der Waals surface area contributed by atoms with Crippen LogP contribution in [0.4, 0.5) is 13.6 Å². The van der Waals surface area contributed by atoms with Crippen molar-refractivity contribution in [1.29, 1.82) is 0 Å². The third-order valence-electron chi connectivity index (χ3n) is 3.21. The Morgan fingerprint density at radius 3 is 2.50 bits per heavy atom. The van der Waals surface area contributed by atoms with Crippen LogP contribution >= 0.6 is 0 Å². The van der Waals surface area contributed by atoms with Gasteiger partial charge >= 0.3 is 149 Å².